The molecule has 0 saturated carbocycles. The van der Waals surface area contributed by atoms with Crippen LogP contribution in [-0.4, -0.2) is 17.6 Å². The van der Waals surface area contributed by atoms with Crippen LogP contribution in [0, 0.1) is 0 Å². The van der Waals surface area contributed by atoms with E-state index in [9.17, 15) is 4.79 Å². The number of carbonyl (C=O) groups is 1. The number of amides is 1. The number of benzene rings is 2. The van der Waals surface area contributed by atoms with Crippen LogP contribution >= 0.6 is 15.9 Å². The Morgan fingerprint density at radius 1 is 1.23 bits per heavy atom. The lowest BCUT2D eigenvalue weighted by molar-refractivity contribution is -0.116. The predicted molar refractivity (Wildman–Crippen MR) is 91.3 cm³/mol. The van der Waals surface area contributed by atoms with E-state index in [0.717, 1.165) is 15.4 Å². The lowest BCUT2D eigenvalue weighted by atomic mass is 10.2. The molecular weight excluding hydrogens is 344 g/mol. The molecule has 0 aliphatic carbocycles. The van der Waals surface area contributed by atoms with Crippen LogP contribution in [0.4, 0.5) is 5.69 Å². The van der Waals surface area contributed by atoms with Crippen molar-refractivity contribution < 1.29 is 9.53 Å². The molecule has 1 aromatic heterocycles. The van der Waals surface area contributed by atoms with Crippen molar-refractivity contribution in [1.29, 1.82) is 0 Å². The van der Waals surface area contributed by atoms with E-state index in [2.05, 4.69) is 21.2 Å². The van der Waals surface area contributed by atoms with Gasteiger partial charge in [-0.15, -0.1) is 0 Å². The molecule has 0 radical (unpaired) electrons. The Labute approximate surface area is 136 Å². The molecule has 1 heterocycles. The fourth-order valence-electron chi connectivity index (χ4n) is 2.40. The molecule has 0 fully saturated rings. The number of rotatable bonds is 4. The van der Waals surface area contributed by atoms with Gasteiger partial charge in [0.05, 0.1) is 12.8 Å². The van der Waals surface area contributed by atoms with Crippen LogP contribution in [0.15, 0.2) is 59.2 Å². The Morgan fingerprint density at radius 3 is 2.86 bits per heavy atom. The maximum atomic E-state index is 12.3. The first kappa shape index (κ1) is 14.7. The summed E-state index contributed by atoms with van der Waals surface area (Å²) in [6.07, 6.45) is 1.92. The third-order valence-corrected chi connectivity index (χ3v) is 3.92. The molecule has 0 saturated heterocycles. The molecule has 3 rings (SSSR count). The minimum atomic E-state index is -0.0927. The summed E-state index contributed by atoms with van der Waals surface area (Å²) >= 11 is 3.45. The van der Waals surface area contributed by atoms with E-state index >= 15 is 0 Å². The SMILES string of the molecule is COc1ccccc1NC(=O)Cn1ccc2cc(Br)ccc21. The number of nitrogens with zero attached hydrogens (tertiary/aromatic N) is 1. The largest absolute Gasteiger partial charge is 0.495 e. The van der Waals surface area contributed by atoms with E-state index in [1.807, 2.05) is 59.3 Å². The Hall–Kier alpha value is -2.27. The van der Waals surface area contributed by atoms with Gasteiger partial charge in [0, 0.05) is 21.6 Å². The summed E-state index contributed by atoms with van der Waals surface area (Å²) in [5.74, 6) is 0.557. The third-order valence-electron chi connectivity index (χ3n) is 3.43. The van der Waals surface area contributed by atoms with Crippen LogP contribution in [0.3, 0.4) is 0 Å². The summed E-state index contributed by atoms with van der Waals surface area (Å²) in [6.45, 7) is 0.253. The number of carbonyl (C=O) groups excluding carboxylic acids is 1. The molecule has 5 heteroatoms. The van der Waals surface area contributed by atoms with Crippen molar-refractivity contribution in [2.24, 2.45) is 0 Å². The van der Waals surface area contributed by atoms with Gasteiger partial charge in [0.15, 0.2) is 0 Å². The van der Waals surface area contributed by atoms with E-state index < -0.39 is 0 Å². The number of ether oxygens (including phenoxy) is 1. The molecule has 2 aromatic carbocycles. The van der Waals surface area contributed by atoms with Gasteiger partial charge in [-0.3, -0.25) is 4.79 Å². The van der Waals surface area contributed by atoms with E-state index in [0.29, 0.717) is 11.4 Å². The molecule has 0 spiro atoms. The maximum Gasteiger partial charge on any atom is 0.244 e. The number of hydrogen-bond acceptors (Lipinski definition) is 2. The van der Waals surface area contributed by atoms with Gasteiger partial charge in [0.1, 0.15) is 12.3 Å². The van der Waals surface area contributed by atoms with Gasteiger partial charge in [-0.1, -0.05) is 28.1 Å². The maximum absolute atomic E-state index is 12.3. The zero-order chi connectivity index (χ0) is 15.5. The van der Waals surface area contributed by atoms with Crippen LogP contribution in [0.1, 0.15) is 0 Å². The highest BCUT2D eigenvalue weighted by Crippen LogP contribution is 2.24. The number of nitrogens with one attached hydrogen (secondary N) is 1. The zero-order valence-corrected chi connectivity index (χ0v) is 13.6. The fraction of sp³-hybridized carbons (Fsp3) is 0.118. The molecule has 1 N–H and O–H groups in total. The van der Waals surface area contributed by atoms with Gasteiger partial charge in [0.2, 0.25) is 5.91 Å². The molecule has 4 nitrogen and oxygen atoms in total. The second kappa shape index (κ2) is 6.23. The number of halogens is 1. The first-order valence-corrected chi connectivity index (χ1v) is 7.64. The van der Waals surface area contributed by atoms with Crippen molar-refractivity contribution in [2.75, 3.05) is 12.4 Å². The summed E-state index contributed by atoms with van der Waals surface area (Å²) in [5.41, 5.74) is 1.70. The fourth-order valence-corrected chi connectivity index (χ4v) is 2.78. The smallest absolute Gasteiger partial charge is 0.244 e. The molecule has 0 aliphatic heterocycles. The Morgan fingerprint density at radius 2 is 2.05 bits per heavy atom. The van der Waals surface area contributed by atoms with Crippen LogP contribution in [0.25, 0.3) is 10.9 Å². The Bertz CT molecular complexity index is 826. The number of aromatic nitrogens is 1. The van der Waals surface area contributed by atoms with E-state index in [-0.39, 0.29) is 12.5 Å². The zero-order valence-electron chi connectivity index (χ0n) is 12.0. The number of fused-ring (bicyclic) bond motifs is 1. The average molecular weight is 359 g/mol. The topological polar surface area (TPSA) is 43.3 Å². The number of para-hydroxylation sites is 2. The highest BCUT2D eigenvalue weighted by molar-refractivity contribution is 9.10. The summed E-state index contributed by atoms with van der Waals surface area (Å²) in [4.78, 5) is 12.3. The van der Waals surface area contributed by atoms with Crippen molar-refractivity contribution in [3.63, 3.8) is 0 Å². The van der Waals surface area contributed by atoms with Crippen molar-refractivity contribution in [2.45, 2.75) is 6.54 Å². The molecule has 0 bridgehead atoms. The van der Waals surface area contributed by atoms with Crippen LogP contribution in [-0.2, 0) is 11.3 Å². The second-order valence-corrected chi connectivity index (χ2v) is 5.81. The average Bonchev–Trinajstić information content (AvgIpc) is 2.89. The number of methoxy groups -OCH3 is 1. The van der Waals surface area contributed by atoms with Gasteiger partial charge in [0.25, 0.3) is 0 Å². The molecular formula is C17H15BrN2O2. The minimum absolute atomic E-state index is 0.0927. The quantitative estimate of drug-likeness (QED) is 0.764. The minimum Gasteiger partial charge on any atom is -0.495 e. The summed E-state index contributed by atoms with van der Waals surface area (Å²) in [5, 5.41) is 3.98. The van der Waals surface area contributed by atoms with E-state index in [1.54, 1.807) is 7.11 Å². The lowest BCUT2D eigenvalue weighted by Gasteiger charge is -2.10. The molecule has 1 amide bonds. The van der Waals surface area contributed by atoms with Gasteiger partial charge in [-0.25, -0.2) is 0 Å². The van der Waals surface area contributed by atoms with Crippen molar-refractivity contribution in [3.05, 3.63) is 59.2 Å². The molecule has 0 aliphatic rings. The molecule has 3 aromatic rings. The Kier molecular flexibility index (Phi) is 4.15. The first-order chi connectivity index (χ1) is 10.7. The summed E-state index contributed by atoms with van der Waals surface area (Å²) in [6, 6.07) is 15.4. The Balaban J connectivity index is 1.78. The standard InChI is InChI=1S/C17H15BrN2O2/c1-22-16-5-3-2-4-14(16)19-17(21)11-20-9-8-12-10-13(18)6-7-15(12)20/h2-10H,11H2,1H3,(H,19,21). The van der Waals surface area contributed by atoms with Gasteiger partial charge < -0.3 is 14.6 Å². The van der Waals surface area contributed by atoms with Crippen LogP contribution in [0.2, 0.25) is 0 Å². The molecule has 112 valence electrons. The monoisotopic (exact) mass is 358 g/mol. The number of anilines is 1. The third kappa shape index (κ3) is 2.99. The summed E-state index contributed by atoms with van der Waals surface area (Å²) < 4.78 is 8.19. The van der Waals surface area contributed by atoms with Crippen molar-refractivity contribution >= 4 is 38.4 Å². The van der Waals surface area contributed by atoms with Crippen LogP contribution in [0.5, 0.6) is 5.75 Å². The molecule has 0 atom stereocenters. The molecule has 0 unspecified atom stereocenters. The van der Waals surface area contributed by atoms with Gasteiger partial charge in [-0.05, 0) is 36.4 Å². The predicted octanol–water partition coefficient (Wildman–Crippen LogP) is 4.05. The highest BCUT2D eigenvalue weighted by atomic mass is 79.9. The van der Waals surface area contributed by atoms with Crippen molar-refractivity contribution in [3.8, 4) is 5.75 Å². The van der Waals surface area contributed by atoms with E-state index in [4.69, 9.17) is 4.74 Å². The molecule has 22 heavy (non-hydrogen) atoms. The summed E-state index contributed by atoms with van der Waals surface area (Å²) in [7, 11) is 1.59. The van der Waals surface area contributed by atoms with Crippen LogP contribution < -0.4 is 10.1 Å². The van der Waals surface area contributed by atoms with Gasteiger partial charge >= 0.3 is 0 Å². The normalized spacial score (nSPS) is 10.6. The van der Waals surface area contributed by atoms with E-state index in [1.165, 1.54) is 0 Å². The number of hydrogen-bond donors (Lipinski definition) is 1. The first-order valence-electron chi connectivity index (χ1n) is 6.84. The second-order valence-electron chi connectivity index (χ2n) is 4.90. The lowest BCUT2D eigenvalue weighted by Crippen LogP contribution is -2.18. The van der Waals surface area contributed by atoms with Crippen molar-refractivity contribution in [1.82, 2.24) is 4.57 Å². The van der Waals surface area contributed by atoms with Gasteiger partial charge in [-0.2, -0.15) is 0 Å². The highest BCUT2D eigenvalue weighted by Gasteiger charge is 2.09.